The molecule has 2 aliphatic rings. The molecular weight excluding hydrogens is 516 g/mol. The first-order valence-corrected chi connectivity index (χ1v) is 13.8. The summed E-state index contributed by atoms with van der Waals surface area (Å²) in [5.74, 6) is -1.46. The lowest BCUT2D eigenvalue weighted by Gasteiger charge is -2.28. The first-order chi connectivity index (χ1) is 18.8. The maximum absolute atomic E-state index is 13.7. The topological polar surface area (TPSA) is 93.2 Å². The molecule has 0 aromatic heterocycles. The normalized spacial score (nSPS) is 20.8. The van der Waals surface area contributed by atoms with E-state index in [9.17, 15) is 18.0 Å². The number of anilines is 2. The molecule has 2 amide bonds. The minimum absolute atomic E-state index is 0.0441. The SMILES string of the molecule is Cc1ccc(N2C(=O)[C@H]3[C@H](ON(c4ccccc4)[C@@H]3c3ccc(OS(=O)(=O)c4ccccc4)cc3)C2=O)cc1. The van der Waals surface area contributed by atoms with Gasteiger partial charge >= 0.3 is 10.1 Å². The van der Waals surface area contributed by atoms with Crippen LogP contribution in [0.4, 0.5) is 11.4 Å². The molecule has 2 heterocycles. The Labute approximate surface area is 226 Å². The smallest absolute Gasteiger partial charge is 0.339 e. The van der Waals surface area contributed by atoms with Crippen LogP contribution < -0.4 is 14.1 Å². The molecular formula is C30H24N2O6S. The molecule has 39 heavy (non-hydrogen) atoms. The van der Waals surface area contributed by atoms with Crippen molar-refractivity contribution in [1.29, 1.82) is 0 Å². The van der Waals surface area contributed by atoms with Gasteiger partial charge in [0.1, 0.15) is 16.6 Å². The van der Waals surface area contributed by atoms with Crippen molar-refractivity contribution in [3.8, 4) is 5.75 Å². The molecule has 4 aromatic carbocycles. The second kappa shape index (κ2) is 9.68. The van der Waals surface area contributed by atoms with Crippen molar-refractivity contribution < 1.29 is 27.0 Å². The summed E-state index contributed by atoms with van der Waals surface area (Å²) < 4.78 is 30.6. The zero-order chi connectivity index (χ0) is 27.1. The number of hydrogen-bond acceptors (Lipinski definition) is 7. The fourth-order valence-electron chi connectivity index (χ4n) is 4.98. The van der Waals surface area contributed by atoms with Gasteiger partial charge in [0.05, 0.1) is 17.4 Å². The molecule has 0 aliphatic carbocycles. The summed E-state index contributed by atoms with van der Waals surface area (Å²) in [5, 5.41) is 1.59. The van der Waals surface area contributed by atoms with E-state index in [0.717, 1.165) is 5.56 Å². The molecule has 9 heteroatoms. The van der Waals surface area contributed by atoms with Crippen molar-refractivity contribution in [2.24, 2.45) is 5.92 Å². The number of rotatable bonds is 6. The van der Waals surface area contributed by atoms with Crippen LogP contribution in [-0.4, -0.2) is 26.3 Å². The van der Waals surface area contributed by atoms with E-state index in [-0.39, 0.29) is 16.6 Å². The summed E-state index contributed by atoms with van der Waals surface area (Å²) in [4.78, 5) is 34.6. The molecule has 196 valence electrons. The van der Waals surface area contributed by atoms with E-state index < -0.39 is 34.1 Å². The van der Waals surface area contributed by atoms with Crippen LogP contribution in [-0.2, 0) is 24.5 Å². The zero-order valence-electron chi connectivity index (χ0n) is 20.9. The number of aryl methyl sites for hydroxylation is 1. The second-order valence-corrected chi connectivity index (χ2v) is 11.0. The van der Waals surface area contributed by atoms with Gasteiger partial charge in [-0.05, 0) is 61.0 Å². The minimum Gasteiger partial charge on any atom is -0.379 e. The van der Waals surface area contributed by atoms with Crippen LogP contribution in [0.3, 0.4) is 0 Å². The average molecular weight is 541 g/mol. The number of hydroxylamine groups is 1. The van der Waals surface area contributed by atoms with Crippen LogP contribution in [0.5, 0.6) is 5.75 Å². The molecule has 0 bridgehead atoms. The molecule has 2 saturated heterocycles. The molecule has 3 atom stereocenters. The average Bonchev–Trinajstić information content (AvgIpc) is 3.46. The van der Waals surface area contributed by atoms with Crippen molar-refractivity contribution in [1.82, 2.24) is 0 Å². The standard InChI is InChI=1S/C30H24N2O6S/c1-20-12-16-22(17-13-20)31-29(33)26-27(32(37-28(26)30(31)34)23-8-4-2-5-9-23)21-14-18-24(19-15-21)38-39(35,36)25-10-6-3-7-11-25/h2-19,26-28H,1H3/t26-,27-,28+/m1/s1. The van der Waals surface area contributed by atoms with Crippen LogP contribution >= 0.6 is 0 Å². The van der Waals surface area contributed by atoms with E-state index in [1.807, 2.05) is 49.4 Å². The molecule has 0 unspecified atom stereocenters. The quantitative estimate of drug-likeness (QED) is 0.256. The number of hydrogen-bond donors (Lipinski definition) is 0. The Balaban J connectivity index is 1.34. The first-order valence-electron chi connectivity index (χ1n) is 12.4. The van der Waals surface area contributed by atoms with E-state index in [1.165, 1.54) is 29.2 Å². The van der Waals surface area contributed by atoms with E-state index >= 15 is 0 Å². The third-order valence-corrected chi connectivity index (χ3v) is 8.14. The Hall–Kier alpha value is -4.47. The number of carbonyl (C=O) groups is 2. The fraction of sp³-hybridized carbons (Fsp3) is 0.133. The molecule has 8 nitrogen and oxygen atoms in total. The van der Waals surface area contributed by atoms with Crippen LogP contribution in [0.15, 0.2) is 114 Å². The third-order valence-electron chi connectivity index (χ3n) is 6.88. The molecule has 6 rings (SSSR count). The van der Waals surface area contributed by atoms with Crippen LogP contribution in [0.2, 0.25) is 0 Å². The monoisotopic (exact) mass is 540 g/mol. The molecule has 2 aliphatic heterocycles. The van der Waals surface area contributed by atoms with Crippen molar-refractivity contribution in [3.05, 3.63) is 120 Å². The predicted octanol–water partition coefficient (Wildman–Crippen LogP) is 4.81. The summed E-state index contributed by atoms with van der Waals surface area (Å²) in [7, 11) is -4.01. The van der Waals surface area contributed by atoms with Crippen molar-refractivity contribution >= 4 is 33.3 Å². The van der Waals surface area contributed by atoms with E-state index in [0.29, 0.717) is 16.9 Å². The summed E-state index contributed by atoms with van der Waals surface area (Å²) >= 11 is 0. The third kappa shape index (κ3) is 4.45. The number of para-hydroxylation sites is 1. The lowest BCUT2D eigenvalue weighted by molar-refractivity contribution is -0.126. The summed E-state index contributed by atoms with van der Waals surface area (Å²) in [6, 6.07) is 30.1. The molecule has 0 radical (unpaired) electrons. The predicted molar refractivity (Wildman–Crippen MR) is 144 cm³/mol. The largest absolute Gasteiger partial charge is 0.379 e. The van der Waals surface area contributed by atoms with Crippen LogP contribution in [0, 0.1) is 12.8 Å². The van der Waals surface area contributed by atoms with Gasteiger partial charge in [-0.1, -0.05) is 66.2 Å². The Morgan fingerprint density at radius 2 is 1.33 bits per heavy atom. The Morgan fingerprint density at radius 1 is 0.718 bits per heavy atom. The molecule has 0 N–H and O–H groups in total. The number of nitrogens with zero attached hydrogens (tertiary/aromatic N) is 2. The number of benzene rings is 4. The highest BCUT2D eigenvalue weighted by Gasteiger charge is 2.60. The van der Waals surface area contributed by atoms with Crippen molar-refractivity contribution in [3.63, 3.8) is 0 Å². The van der Waals surface area contributed by atoms with E-state index in [1.54, 1.807) is 47.5 Å². The number of amides is 2. The van der Waals surface area contributed by atoms with Gasteiger partial charge in [-0.15, -0.1) is 0 Å². The van der Waals surface area contributed by atoms with Gasteiger partial charge in [0.2, 0.25) is 5.91 Å². The highest BCUT2D eigenvalue weighted by atomic mass is 32.2. The van der Waals surface area contributed by atoms with Gasteiger partial charge in [0.25, 0.3) is 5.91 Å². The molecule has 0 saturated carbocycles. The minimum atomic E-state index is -4.01. The lowest BCUT2D eigenvalue weighted by atomic mass is 9.90. The Kier molecular flexibility index (Phi) is 6.17. The van der Waals surface area contributed by atoms with E-state index in [2.05, 4.69) is 0 Å². The lowest BCUT2D eigenvalue weighted by Crippen LogP contribution is -2.37. The fourth-order valence-corrected chi connectivity index (χ4v) is 5.93. The number of fused-ring (bicyclic) bond motifs is 1. The second-order valence-electron chi connectivity index (χ2n) is 9.42. The van der Waals surface area contributed by atoms with Crippen LogP contribution in [0.1, 0.15) is 17.2 Å². The summed E-state index contributed by atoms with van der Waals surface area (Å²) in [6.07, 6.45) is -1.00. The number of imide groups is 1. The zero-order valence-corrected chi connectivity index (χ0v) is 21.7. The highest BCUT2D eigenvalue weighted by molar-refractivity contribution is 7.87. The number of carbonyl (C=O) groups excluding carboxylic acids is 2. The Bertz CT molecular complexity index is 1620. The van der Waals surface area contributed by atoms with Gasteiger partial charge in [-0.3, -0.25) is 14.4 Å². The first kappa shape index (κ1) is 24.8. The van der Waals surface area contributed by atoms with Gasteiger partial charge < -0.3 is 4.18 Å². The van der Waals surface area contributed by atoms with Gasteiger partial charge in [0, 0.05) is 0 Å². The molecule has 4 aromatic rings. The van der Waals surface area contributed by atoms with Crippen LogP contribution in [0.25, 0.3) is 0 Å². The highest BCUT2D eigenvalue weighted by Crippen LogP contribution is 2.47. The molecule has 2 fully saturated rings. The summed E-state index contributed by atoms with van der Waals surface area (Å²) in [6.45, 7) is 1.93. The maximum Gasteiger partial charge on any atom is 0.339 e. The maximum atomic E-state index is 13.7. The van der Waals surface area contributed by atoms with Gasteiger partial charge in [-0.25, -0.2) is 9.96 Å². The van der Waals surface area contributed by atoms with Crippen molar-refractivity contribution in [2.75, 3.05) is 9.96 Å². The van der Waals surface area contributed by atoms with Gasteiger partial charge in [0.15, 0.2) is 6.10 Å². The van der Waals surface area contributed by atoms with E-state index in [4.69, 9.17) is 9.02 Å². The van der Waals surface area contributed by atoms with Gasteiger partial charge in [-0.2, -0.15) is 8.42 Å². The van der Waals surface area contributed by atoms with Crippen molar-refractivity contribution in [2.45, 2.75) is 24.0 Å². The molecule has 0 spiro atoms. The summed E-state index contributed by atoms with van der Waals surface area (Å²) in [5.41, 5.74) is 2.86. The Morgan fingerprint density at radius 3 is 1.97 bits per heavy atom.